The lowest BCUT2D eigenvalue weighted by Crippen LogP contribution is -2.17. The van der Waals surface area contributed by atoms with E-state index in [-0.39, 0.29) is 18.7 Å². The summed E-state index contributed by atoms with van der Waals surface area (Å²) in [6.07, 6.45) is 12.6. The lowest BCUT2D eigenvalue weighted by molar-refractivity contribution is -0.154. The van der Waals surface area contributed by atoms with Crippen molar-refractivity contribution in [2.75, 3.05) is 6.79 Å². The fourth-order valence-corrected chi connectivity index (χ4v) is 3.38. The second kappa shape index (κ2) is 16.0. The molecule has 0 heterocycles. The smallest absolute Gasteiger partial charge is 0.311 e. The zero-order valence-electron chi connectivity index (χ0n) is 20.6. The van der Waals surface area contributed by atoms with E-state index >= 15 is 0 Å². The van der Waals surface area contributed by atoms with Crippen molar-refractivity contribution in [2.45, 2.75) is 85.0 Å². The molecule has 0 N–H and O–H groups in total. The maximum absolute atomic E-state index is 11.6. The number of carbonyl (C=O) groups excluding carboxylic acids is 1. The summed E-state index contributed by atoms with van der Waals surface area (Å²) in [5, 5.41) is 8.61. The average Bonchev–Trinajstić information content (AvgIpc) is 2.85. The molecule has 0 saturated carbocycles. The number of esters is 1. The van der Waals surface area contributed by atoms with Gasteiger partial charge in [-0.3, -0.25) is 4.79 Å². The number of unbranched alkanes of at least 4 members (excludes halogenated alkanes) is 7. The molecule has 33 heavy (non-hydrogen) atoms. The number of hydrogen-bond acceptors (Lipinski definition) is 5. The molecule has 2 rings (SSSR count). The Bertz CT molecular complexity index is 816. The third kappa shape index (κ3) is 11.1. The van der Waals surface area contributed by atoms with Crippen LogP contribution in [-0.4, -0.2) is 12.8 Å². The molecule has 2 aromatic rings. The normalized spacial score (nSPS) is 12.1. The standard InChI is InChI=1S/C28H40N2O3/c1-4-6-7-8-9-10-11-12-13-24-14-16-25(17-15-24)29-30-26-18-20-27(21-19-26)32-22-33-28(31)23(3)5-2/h14-21,23H,4-13,22H2,1-3H3. The van der Waals surface area contributed by atoms with Gasteiger partial charge in [0.05, 0.1) is 17.3 Å². The zero-order chi connectivity index (χ0) is 23.7. The van der Waals surface area contributed by atoms with E-state index in [1.54, 1.807) is 12.1 Å². The van der Waals surface area contributed by atoms with Gasteiger partial charge in [0.25, 0.3) is 0 Å². The molecule has 0 aliphatic carbocycles. The third-order valence-corrected chi connectivity index (χ3v) is 5.81. The van der Waals surface area contributed by atoms with Gasteiger partial charge in [-0.05, 0) is 61.2 Å². The summed E-state index contributed by atoms with van der Waals surface area (Å²) in [7, 11) is 0. The van der Waals surface area contributed by atoms with E-state index in [9.17, 15) is 4.79 Å². The summed E-state index contributed by atoms with van der Waals surface area (Å²) in [5.74, 6) is 0.263. The fraction of sp³-hybridized carbons (Fsp3) is 0.536. The van der Waals surface area contributed by atoms with Gasteiger partial charge in [-0.15, -0.1) is 0 Å². The van der Waals surface area contributed by atoms with Gasteiger partial charge < -0.3 is 9.47 Å². The number of rotatable bonds is 16. The molecule has 0 aliphatic rings. The zero-order valence-corrected chi connectivity index (χ0v) is 20.6. The Morgan fingerprint density at radius 3 is 1.91 bits per heavy atom. The van der Waals surface area contributed by atoms with Crippen LogP contribution in [0.25, 0.3) is 0 Å². The predicted octanol–water partition coefficient (Wildman–Crippen LogP) is 8.71. The minimum atomic E-state index is -0.244. The molecule has 0 spiro atoms. The van der Waals surface area contributed by atoms with Crippen LogP contribution >= 0.6 is 0 Å². The van der Waals surface area contributed by atoms with Crippen LogP contribution in [0.1, 0.15) is 84.1 Å². The van der Waals surface area contributed by atoms with Gasteiger partial charge >= 0.3 is 5.97 Å². The summed E-state index contributed by atoms with van der Waals surface area (Å²) in [6, 6.07) is 15.6. The van der Waals surface area contributed by atoms with E-state index in [1.807, 2.05) is 38.1 Å². The van der Waals surface area contributed by atoms with Crippen LogP contribution in [0.4, 0.5) is 11.4 Å². The van der Waals surface area contributed by atoms with Crippen LogP contribution in [0.3, 0.4) is 0 Å². The Hall–Kier alpha value is -2.69. The quantitative estimate of drug-likeness (QED) is 0.111. The van der Waals surface area contributed by atoms with Gasteiger partial charge in [-0.2, -0.15) is 10.2 Å². The van der Waals surface area contributed by atoms with Crippen molar-refractivity contribution >= 4 is 17.3 Å². The summed E-state index contributed by atoms with van der Waals surface area (Å²) in [5.41, 5.74) is 2.93. The molecule has 0 amide bonds. The largest absolute Gasteiger partial charge is 0.457 e. The third-order valence-electron chi connectivity index (χ3n) is 5.81. The number of azo groups is 1. The van der Waals surface area contributed by atoms with E-state index in [0.717, 1.165) is 24.2 Å². The molecule has 0 bridgehead atoms. The molecule has 2 aromatic carbocycles. The van der Waals surface area contributed by atoms with Gasteiger partial charge in [-0.25, -0.2) is 0 Å². The van der Waals surface area contributed by atoms with Crippen molar-refractivity contribution < 1.29 is 14.3 Å². The number of nitrogens with zero attached hydrogens (tertiary/aromatic N) is 2. The molecule has 0 aromatic heterocycles. The van der Waals surface area contributed by atoms with Crippen LogP contribution in [0.15, 0.2) is 58.8 Å². The second-order valence-electron chi connectivity index (χ2n) is 8.62. The molecular weight excluding hydrogens is 412 g/mol. The van der Waals surface area contributed by atoms with Crippen molar-refractivity contribution in [3.05, 3.63) is 54.1 Å². The highest BCUT2D eigenvalue weighted by atomic mass is 16.7. The minimum absolute atomic E-state index is 0.0880. The molecule has 5 nitrogen and oxygen atoms in total. The van der Waals surface area contributed by atoms with E-state index in [0.29, 0.717) is 5.75 Å². The van der Waals surface area contributed by atoms with Crippen molar-refractivity contribution in [2.24, 2.45) is 16.1 Å². The van der Waals surface area contributed by atoms with Crippen molar-refractivity contribution in [3.8, 4) is 5.75 Å². The molecule has 180 valence electrons. The SMILES string of the molecule is CCCCCCCCCCc1ccc(N=Nc2ccc(OCOC(=O)C(C)CC)cc2)cc1. The number of benzene rings is 2. The maximum atomic E-state index is 11.6. The lowest BCUT2D eigenvalue weighted by atomic mass is 10.0. The average molecular weight is 453 g/mol. The Morgan fingerprint density at radius 2 is 1.33 bits per heavy atom. The van der Waals surface area contributed by atoms with Crippen LogP contribution in [0.2, 0.25) is 0 Å². The first-order valence-corrected chi connectivity index (χ1v) is 12.5. The Morgan fingerprint density at radius 1 is 0.788 bits per heavy atom. The number of ether oxygens (including phenoxy) is 2. The summed E-state index contributed by atoms with van der Waals surface area (Å²) < 4.78 is 10.6. The van der Waals surface area contributed by atoms with Crippen molar-refractivity contribution in [1.29, 1.82) is 0 Å². The van der Waals surface area contributed by atoms with E-state index in [2.05, 4.69) is 29.3 Å². The lowest BCUT2D eigenvalue weighted by Gasteiger charge is -2.10. The van der Waals surface area contributed by atoms with E-state index in [1.165, 1.54) is 56.9 Å². The fourth-order valence-electron chi connectivity index (χ4n) is 3.38. The highest BCUT2D eigenvalue weighted by molar-refractivity contribution is 5.71. The minimum Gasteiger partial charge on any atom is -0.457 e. The Balaban J connectivity index is 1.68. The predicted molar refractivity (Wildman–Crippen MR) is 134 cm³/mol. The topological polar surface area (TPSA) is 60.3 Å². The monoisotopic (exact) mass is 452 g/mol. The number of aryl methyl sites for hydroxylation is 1. The summed E-state index contributed by atoms with van der Waals surface area (Å²) in [6.45, 7) is 5.97. The van der Waals surface area contributed by atoms with Crippen LogP contribution in [0.5, 0.6) is 5.75 Å². The first-order chi connectivity index (χ1) is 16.1. The van der Waals surface area contributed by atoms with Crippen LogP contribution < -0.4 is 4.74 Å². The van der Waals surface area contributed by atoms with Gasteiger partial charge in [0.2, 0.25) is 6.79 Å². The van der Waals surface area contributed by atoms with Gasteiger partial charge in [0.1, 0.15) is 5.75 Å². The molecular formula is C28H40N2O3. The van der Waals surface area contributed by atoms with Gasteiger partial charge in [0.15, 0.2) is 0 Å². The van der Waals surface area contributed by atoms with Crippen LogP contribution in [0, 0.1) is 5.92 Å². The second-order valence-corrected chi connectivity index (χ2v) is 8.62. The Kier molecular flexibility index (Phi) is 12.9. The summed E-state index contributed by atoms with van der Waals surface area (Å²) >= 11 is 0. The van der Waals surface area contributed by atoms with E-state index < -0.39 is 0 Å². The first kappa shape index (κ1) is 26.6. The molecule has 1 unspecified atom stereocenters. The molecule has 1 atom stereocenters. The number of hydrogen-bond donors (Lipinski definition) is 0. The molecule has 0 saturated heterocycles. The first-order valence-electron chi connectivity index (χ1n) is 12.5. The molecule has 0 fully saturated rings. The maximum Gasteiger partial charge on any atom is 0.311 e. The van der Waals surface area contributed by atoms with Gasteiger partial charge in [0, 0.05) is 0 Å². The highest BCUT2D eigenvalue weighted by Gasteiger charge is 2.11. The van der Waals surface area contributed by atoms with Gasteiger partial charge in [-0.1, -0.05) is 77.8 Å². The molecule has 5 heteroatoms. The van der Waals surface area contributed by atoms with E-state index in [4.69, 9.17) is 9.47 Å². The van der Waals surface area contributed by atoms with Crippen molar-refractivity contribution in [3.63, 3.8) is 0 Å². The summed E-state index contributed by atoms with van der Waals surface area (Å²) in [4.78, 5) is 11.6. The number of carbonyl (C=O) groups is 1. The molecule has 0 radical (unpaired) electrons. The Labute approximate surface area is 199 Å². The van der Waals surface area contributed by atoms with Crippen molar-refractivity contribution in [1.82, 2.24) is 0 Å². The van der Waals surface area contributed by atoms with Crippen LogP contribution in [-0.2, 0) is 16.0 Å². The highest BCUT2D eigenvalue weighted by Crippen LogP contribution is 2.22. The molecule has 0 aliphatic heterocycles.